The van der Waals surface area contributed by atoms with Crippen LogP contribution in [0.15, 0.2) is 24.3 Å². The molecule has 1 aromatic carbocycles. The molecule has 0 radical (unpaired) electrons. The second-order valence-electron chi connectivity index (χ2n) is 4.66. The predicted octanol–water partition coefficient (Wildman–Crippen LogP) is 2.72. The van der Waals surface area contributed by atoms with Gasteiger partial charge in [-0.1, -0.05) is 31.9 Å². The average Bonchev–Trinajstić information content (AvgIpc) is 2.42. The topological polar surface area (TPSA) is 64.4 Å². The molecular formula is C14H19F3N2O2. The zero-order chi connectivity index (χ0) is 15.9. The molecule has 0 aliphatic heterocycles. The summed E-state index contributed by atoms with van der Waals surface area (Å²) in [6.45, 7) is 2.22. The number of ether oxygens (including phenoxy) is 1. The molecule has 21 heavy (non-hydrogen) atoms. The zero-order valence-corrected chi connectivity index (χ0v) is 11.7. The van der Waals surface area contributed by atoms with Gasteiger partial charge in [-0.05, 0) is 24.1 Å². The van der Waals surface area contributed by atoms with Gasteiger partial charge in [-0.3, -0.25) is 4.79 Å². The molecule has 1 unspecified atom stereocenters. The predicted molar refractivity (Wildman–Crippen MR) is 72.5 cm³/mol. The van der Waals surface area contributed by atoms with Crippen LogP contribution in [0.25, 0.3) is 0 Å². The van der Waals surface area contributed by atoms with Crippen LogP contribution in [-0.4, -0.2) is 18.3 Å². The highest BCUT2D eigenvalue weighted by molar-refractivity contribution is 5.81. The van der Waals surface area contributed by atoms with Crippen molar-refractivity contribution in [2.45, 2.75) is 45.1 Å². The normalized spacial score (nSPS) is 12.8. The molecule has 0 spiro atoms. The van der Waals surface area contributed by atoms with E-state index in [4.69, 9.17) is 5.73 Å². The van der Waals surface area contributed by atoms with Gasteiger partial charge in [0.05, 0.1) is 6.04 Å². The fourth-order valence-electron chi connectivity index (χ4n) is 1.68. The molecule has 1 atom stereocenters. The summed E-state index contributed by atoms with van der Waals surface area (Å²) in [6, 6.07) is 4.76. The molecule has 0 saturated carbocycles. The number of benzene rings is 1. The van der Waals surface area contributed by atoms with Gasteiger partial charge in [0.2, 0.25) is 5.91 Å². The number of carbonyl (C=O) groups excluding carboxylic acids is 1. The van der Waals surface area contributed by atoms with Crippen LogP contribution in [0.4, 0.5) is 13.2 Å². The van der Waals surface area contributed by atoms with Gasteiger partial charge in [0.15, 0.2) is 0 Å². The highest BCUT2D eigenvalue weighted by atomic mass is 19.4. The number of amides is 1. The number of nitrogens with two attached hydrogens (primary N) is 1. The molecule has 118 valence electrons. The number of carbonyl (C=O) groups is 1. The van der Waals surface area contributed by atoms with Crippen LogP contribution in [0.2, 0.25) is 0 Å². The molecular weight excluding hydrogens is 285 g/mol. The summed E-state index contributed by atoms with van der Waals surface area (Å²) in [5, 5.41) is 2.65. The average molecular weight is 304 g/mol. The first-order chi connectivity index (χ1) is 9.81. The number of rotatable bonds is 7. The van der Waals surface area contributed by atoms with E-state index < -0.39 is 12.4 Å². The number of hydrogen-bond donors (Lipinski definition) is 2. The number of unbranched alkanes of at least 4 members (excludes halogenated alkanes) is 1. The highest BCUT2D eigenvalue weighted by Gasteiger charge is 2.30. The number of alkyl halides is 3. The van der Waals surface area contributed by atoms with Crippen molar-refractivity contribution in [3.8, 4) is 5.75 Å². The SMILES string of the molecule is CCCCC(N)C(=O)NCc1ccc(OC(F)(F)F)cc1. The second-order valence-corrected chi connectivity index (χ2v) is 4.66. The van der Waals surface area contributed by atoms with Crippen molar-refractivity contribution in [3.63, 3.8) is 0 Å². The molecule has 1 aromatic rings. The quantitative estimate of drug-likeness (QED) is 0.814. The smallest absolute Gasteiger partial charge is 0.406 e. The maximum absolute atomic E-state index is 12.0. The van der Waals surface area contributed by atoms with Crippen molar-refractivity contribution in [1.82, 2.24) is 5.32 Å². The molecule has 0 aliphatic rings. The van der Waals surface area contributed by atoms with Crippen LogP contribution in [-0.2, 0) is 11.3 Å². The summed E-state index contributed by atoms with van der Waals surface area (Å²) in [5.74, 6) is -0.559. The first kappa shape index (κ1) is 17.3. The Morgan fingerprint density at radius 3 is 2.48 bits per heavy atom. The highest BCUT2D eigenvalue weighted by Crippen LogP contribution is 2.22. The van der Waals surface area contributed by atoms with Crippen molar-refractivity contribution < 1.29 is 22.7 Å². The Balaban J connectivity index is 2.44. The monoisotopic (exact) mass is 304 g/mol. The van der Waals surface area contributed by atoms with Crippen LogP contribution in [0.1, 0.15) is 31.7 Å². The van der Waals surface area contributed by atoms with Gasteiger partial charge in [0, 0.05) is 6.54 Å². The van der Waals surface area contributed by atoms with Crippen molar-refractivity contribution in [2.24, 2.45) is 5.73 Å². The van der Waals surface area contributed by atoms with Crippen molar-refractivity contribution in [1.29, 1.82) is 0 Å². The van der Waals surface area contributed by atoms with E-state index in [1.807, 2.05) is 6.92 Å². The minimum absolute atomic E-state index is 0.213. The van der Waals surface area contributed by atoms with Crippen molar-refractivity contribution >= 4 is 5.91 Å². The number of nitrogens with one attached hydrogen (secondary N) is 1. The minimum atomic E-state index is -4.71. The summed E-state index contributed by atoms with van der Waals surface area (Å²) >= 11 is 0. The van der Waals surface area contributed by atoms with E-state index in [1.165, 1.54) is 24.3 Å². The molecule has 7 heteroatoms. The Morgan fingerprint density at radius 2 is 1.95 bits per heavy atom. The maximum Gasteiger partial charge on any atom is 0.573 e. The lowest BCUT2D eigenvalue weighted by Gasteiger charge is -2.12. The van der Waals surface area contributed by atoms with Crippen molar-refractivity contribution in [2.75, 3.05) is 0 Å². The Morgan fingerprint density at radius 1 is 1.33 bits per heavy atom. The summed E-state index contributed by atoms with van der Waals surface area (Å²) in [4.78, 5) is 11.7. The Bertz CT molecular complexity index is 447. The molecule has 1 rings (SSSR count). The zero-order valence-electron chi connectivity index (χ0n) is 11.7. The van der Waals surface area contributed by atoms with Crippen LogP contribution < -0.4 is 15.8 Å². The summed E-state index contributed by atoms with van der Waals surface area (Å²) < 4.78 is 39.7. The molecule has 4 nitrogen and oxygen atoms in total. The third kappa shape index (κ3) is 6.99. The van der Waals surface area contributed by atoms with Gasteiger partial charge in [-0.25, -0.2) is 0 Å². The largest absolute Gasteiger partial charge is 0.573 e. The molecule has 3 N–H and O–H groups in total. The Hall–Kier alpha value is -1.76. The molecule has 0 heterocycles. The maximum atomic E-state index is 12.0. The Kier molecular flexibility index (Phi) is 6.48. The van der Waals surface area contributed by atoms with Gasteiger partial charge < -0.3 is 15.8 Å². The molecule has 0 fully saturated rings. The van der Waals surface area contributed by atoms with Crippen LogP contribution in [0.5, 0.6) is 5.75 Å². The van der Waals surface area contributed by atoms with E-state index in [0.717, 1.165) is 12.8 Å². The third-order valence-corrected chi connectivity index (χ3v) is 2.83. The summed E-state index contributed by atoms with van der Waals surface area (Å²) in [7, 11) is 0. The van der Waals surface area contributed by atoms with Crippen LogP contribution in [0.3, 0.4) is 0 Å². The van der Waals surface area contributed by atoms with Gasteiger partial charge in [-0.2, -0.15) is 0 Å². The standard InChI is InChI=1S/C14H19F3N2O2/c1-2-3-4-12(18)13(20)19-9-10-5-7-11(8-6-10)21-14(15,16)17/h5-8,12H,2-4,9,18H2,1H3,(H,19,20). The van der Waals surface area contributed by atoms with E-state index in [2.05, 4.69) is 10.1 Å². The van der Waals surface area contributed by atoms with E-state index in [0.29, 0.717) is 12.0 Å². The first-order valence-corrected chi connectivity index (χ1v) is 6.70. The molecule has 0 aromatic heterocycles. The first-order valence-electron chi connectivity index (χ1n) is 6.70. The van der Waals surface area contributed by atoms with Gasteiger partial charge in [0.25, 0.3) is 0 Å². The minimum Gasteiger partial charge on any atom is -0.406 e. The fourth-order valence-corrected chi connectivity index (χ4v) is 1.68. The second kappa shape index (κ2) is 7.87. The Labute approximate surface area is 121 Å². The summed E-state index contributed by atoms with van der Waals surface area (Å²) in [6.07, 6.45) is -2.26. The lowest BCUT2D eigenvalue weighted by Crippen LogP contribution is -2.40. The van der Waals surface area contributed by atoms with E-state index >= 15 is 0 Å². The van der Waals surface area contributed by atoms with E-state index in [1.54, 1.807) is 0 Å². The van der Waals surface area contributed by atoms with Gasteiger partial charge >= 0.3 is 6.36 Å². The molecule has 0 saturated heterocycles. The number of hydrogen-bond acceptors (Lipinski definition) is 3. The summed E-state index contributed by atoms with van der Waals surface area (Å²) in [5.41, 5.74) is 6.37. The van der Waals surface area contributed by atoms with Crippen LogP contribution >= 0.6 is 0 Å². The number of halogens is 3. The van der Waals surface area contributed by atoms with Gasteiger partial charge in [-0.15, -0.1) is 13.2 Å². The molecule has 0 aliphatic carbocycles. The lowest BCUT2D eigenvalue weighted by molar-refractivity contribution is -0.274. The fraction of sp³-hybridized carbons (Fsp3) is 0.500. The van der Waals surface area contributed by atoms with E-state index in [-0.39, 0.29) is 18.2 Å². The van der Waals surface area contributed by atoms with Crippen LogP contribution in [0, 0.1) is 0 Å². The van der Waals surface area contributed by atoms with Crippen molar-refractivity contribution in [3.05, 3.63) is 29.8 Å². The molecule has 0 bridgehead atoms. The molecule has 1 amide bonds. The van der Waals surface area contributed by atoms with E-state index in [9.17, 15) is 18.0 Å². The lowest BCUT2D eigenvalue weighted by atomic mass is 10.1. The third-order valence-electron chi connectivity index (χ3n) is 2.83. The van der Waals surface area contributed by atoms with Gasteiger partial charge in [0.1, 0.15) is 5.75 Å².